The molecule has 0 aromatic heterocycles. The molecule has 1 amide bonds. The summed E-state index contributed by atoms with van der Waals surface area (Å²) in [6.07, 6.45) is 3.88. The summed E-state index contributed by atoms with van der Waals surface area (Å²) in [6.45, 7) is 10.8. The van der Waals surface area contributed by atoms with Gasteiger partial charge in [0.1, 0.15) is 6.04 Å². The number of ether oxygens (including phenoxy) is 1. The zero-order chi connectivity index (χ0) is 17.6. The van der Waals surface area contributed by atoms with Crippen LogP contribution in [0.15, 0.2) is 11.6 Å². The molecule has 0 aliphatic carbocycles. The van der Waals surface area contributed by atoms with Crippen LogP contribution in [-0.2, 0) is 14.3 Å². The van der Waals surface area contributed by atoms with Crippen LogP contribution < -0.4 is 11.2 Å². The van der Waals surface area contributed by atoms with Gasteiger partial charge in [0, 0.05) is 6.54 Å². The molecule has 0 radical (unpaired) electrons. The molecule has 6 heteroatoms. The van der Waals surface area contributed by atoms with Gasteiger partial charge in [-0.2, -0.15) is 0 Å². The molecule has 0 bridgehead atoms. The Balaban J connectivity index is 2.56. The van der Waals surface area contributed by atoms with Crippen molar-refractivity contribution in [2.75, 3.05) is 13.2 Å². The van der Waals surface area contributed by atoms with E-state index < -0.39 is 12.1 Å². The fourth-order valence-corrected chi connectivity index (χ4v) is 2.26. The number of allylic oxidation sites excluding steroid dienone is 1. The first-order valence-corrected chi connectivity index (χ1v) is 8.25. The molecule has 23 heavy (non-hydrogen) atoms. The summed E-state index contributed by atoms with van der Waals surface area (Å²) in [5, 5.41) is 1.47. The monoisotopic (exact) mass is 325 g/mol. The summed E-state index contributed by atoms with van der Waals surface area (Å²) in [6, 6.07) is -1.08. The number of rotatable bonds is 5. The fourth-order valence-electron chi connectivity index (χ4n) is 2.26. The number of nitrogens with zero attached hydrogens (tertiary/aromatic N) is 1. The second-order valence-electron chi connectivity index (χ2n) is 7.43. The van der Waals surface area contributed by atoms with Crippen molar-refractivity contribution >= 4 is 11.9 Å². The molecule has 0 aromatic carbocycles. The van der Waals surface area contributed by atoms with Gasteiger partial charge in [0.15, 0.2) is 0 Å². The Bertz CT molecular complexity index is 454. The van der Waals surface area contributed by atoms with Gasteiger partial charge in [-0.1, -0.05) is 32.4 Å². The van der Waals surface area contributed by atoms with Crippen LogP contribution in [0.25, 0.3) is 0 Å². The molecule has 6 nitrogen and oxygen atoms in total. The molecule has 1 aliphatic heterocycles. The molecule has 0 spiro atoms. The number of hydrogen-bond acceptors (Lipinski definition) is 5. The van der Waals surface area contributed by atoms with Crippen molar-refractivity contribution in [2.24, 2.45) is 11.1 Å². The van der Waals surface area contributed by atoms with Crippen molar-refractivity contribution in [2.45, 2.75) is 66.0 Å². The second-order valence-corrected chi connectivity index (χ2v) is 7.43. The van der Waals surface area contributed by atoms with Gasteiger partial charge in [-0.25, -0.2) is 5.43 Å². The lowest BCUT2D eigenvalue weighted by Gasteiger charge is -2.34. The molecule has 1 aliphatic rings. The zero-order valence-corrected chi connectivity index (χ0v) is 15.0. The molecule has 1 heterocycles. The van der Waals surface area contributed by atoms with Crippen LogP contribution in [0.2, 0.25) is 0 Å². The van der Waals surface area contributed by atoms with Crippen molar-refractivity contribution < 1.29 is 14.3 Å². The van der Waals surface area contributed by atoms with E-state index in [9.17, 15) is 9.59 Å². The van der Waals surface area contributed by atoms with Gasteiger partial charge >= 0.3 is 5.97 Å². The lowest BCUT2D eigenvalue weighted by atomic mass is 9.98. The normalized spacial score (nSPS) is 21.0. The average molecular weight is 325 g/mol. The fraction of sp³-hybridized carbons (Fsp3) is 0.765. The second kappa shape index (κ2) is 8.45. The summed E-state index contributed by atoms with van der Waals surface area (Å²) < 4.78 is 5.34. The Morgan fingerprint density at radius 2 is 2.09 bits per heavy atom. The van der Waals surface area contributed by atoms with Gasteiger partial charge in [-0.05, 0) is 38.5 Å². The minimum atomic E-state index is -0.594. The van der Waals surface area contributed by atoms with Crippen LogP contribution >= 0.6 is 0 Å². The van der Waals surface area contributed by atoms with Gasteiger partial charge in [0.2, 0.25) is 0 Å². The number of amides is 1. The summed E-state index contributed by atoms with van der Waals surface area (Å²) in [7, 11) is 0. The first-order chi connectivity index (χ1) is 10.6. The smallest absolute Gasteiger partial charge is 0.324 e. The van der Waals surface area contributed by atoms with Gasteiger partial charge in [-0.3, -0.25) is 14.6 Å². The predicted molar refractivity (Wildman–Crippen MR) is 90.3 cm³/mol. The Hall–Kier alpha value is -1.40. The highest BCUT2D eigenvalue weighted by molar-refractivity contribution is 5.83. The van der Waals surface area contributed by atoms with Crippen molar-refractivity contribution in [1.29, 1.82) is 0 Å². The van der Waals surface area contributed by atoms with Crippen LogP contribution in [0, 0.1) is 5.41 Å². The molecule has 0 saturated carbocycles. The van der Waals surface area contributed by atoms with E-state index >= 15 is 0 Å². The number of esters is 1. The maximum Gasteiger partial charge on any atom is 0.324 e. The SMILES string of the molecule is C/C=C(\C)C[C@H](N)C(=O)N1CCC[C@@H](C(=O)OCC(C)(C)C)N1. The summed E-state index contributed by atoms with van der Waals surface area (Å²) >= 11 is 0. The molecule has 1 fully saturated rings. The first kappa shape index (κ1) is 19.6. The minimum Gasteiger partial charge on any atom is -0.464 e. The zero-order valence-electron chi connectivity index (χ0n) is 15.0. The van der Waals surface area contributed by atoms with E-state index in [0.29, 0.717) is 26.0 Å². The van der Waals surface area contributed by atoms with Crippen LogP contribution in [0.4, 0.5) is 0 Å². The highest BCUT2D eigenvalue weighted by Crippen LogP contribution is 2.16. The average Bonchev–Trinajstić information content (AvgIpc) is 2.50. The lowest BCUT2D eigenvalue weighted by molar-refractivity contribution is -0.154. The molecule has 132 valence electrons. The molecular weight excluding hydrogens is 294 g/mol. The quantitative estimate of drug-likeness (QED) is 0.594. The first-order valence-electron chi connectivity index (χ1n) is 8.25. The Kier molecular flexibility index (Phi) is 7.22. The largest absolute Gasteiger partial charge is 0.464 e. The van der Waals surface area contributed by atoms with Crippen LogP contribution in [0.3, 0.4) is 0 Å². The maximum absolute atomic E-state index is 12.4. The van der Waals surface area contributed by atoms with E-state index in [-0.39, 0.29) is 17.3 Å². The molecule has 1 saturated heterocycles. The lowest BCUT2D eigenvalue weighted by Crippen LogP contribution is -2.59. The number of hydrazine groups is 1. The minimum absolute atomic E-state index is 0.0772. The van der Waals surface area contributed by atoms with Crippen LogP contribution in [-0.4, -0.2) is 42.1 Å². The third-order valence-electron chi connectivity index (χ3n) is 3.74. The standard InChI is InChI=1S/C17H31N3O3/c1-6-12(2)10-13(18)15(21)20-9-7-8-14(19-20)16(22)23-11-17(3,4)5/h6,13-14,19H,7-11,18H2,1-5H3/b12-6+/t13-,14-/m0/s1. The van der Waals surface area contributed by atoms with E-state index in [1.54, 1.807) is 0 Å². The molecule has 2 atom stereocenters. The van der Waals surface area contributed by atoms with Crippen LogP contribution in [0.5, 0.6) is 0 Å². The maximum atomic E-state index is 12.4. The van der Waals surface area contributed by atoms with Gasteiger partial charge < -0.3 is 10.5 Å². The van der Waals surface area contributed by atoms with E-state index in [4.69, 9.17) is 10.5 Å². The molecular formula is C17H31N3O3. The number of nitrogens with one attached hydrogen (secondary N) is 1. The molecule has 0 unspecified atom stereocenters. The topological polar surface area (TPSA) is 84.7 Å². The summed E-state index contributed by atoms with van der Waals surface area (Å²) in [5.74, 6) is -0.491. The predicted octanol–water partition coefficient (Wildman–Crippen LogP) is 1.75. The summed E-state index contributed by atoms with van der Waals surface area (Å²) in [4.78, 5) is 24.5. The molecule has 3 N–H and O–H groups in total. The van der Waals surface area contributed by atoms with Crippen molar-refractivity contribution in [3.63, 3.8) is 0 Å². The number of hydrogen-bond donors (Lipinski definition) is 2. The van der Waals surface area contributed by atoms with Crippen LogP contribution in [0.1, 0.15) is 53.9 Å². The van der Waals surface area contributed by atoms with E-state index in [2.05, 4.69) is 5.43 Å². The van der Waals surface area contributed by atoms with E-state index in [1.807, 2.05) is 40.7 Å². The number of nitrogens with two attached hydrogens (primary N) is 1. The third-order valence-corrected chi connectivity index (χ3v) is 3.74. The van der Waals surface area contributed by atoms with Gasteiger partial charge in [0.05, 0.1) is 12.6 Å². The Morgan fingerprint density at radius 3 is 2.65 bits per heavy atom. The van der Waals surface area contributed by atoms with Crippen molar-refractivity contribution in [3.8, 4) is 0 Å². The highest BCUT2D eigenvalue weighted by atomic mass is 16.5. The Labute approximate surface area is 139 Å². The van der Waals surface area contributed by atoms with E-state index in [0.717, 1.165) is 12.0 Å². The molecule has 0 aromatic rings. The van der Waals surface area contributed by atoms with Gasteiger partial charge in [0.25, 0.3) is 5.91 Å². The summed E-state index contributed by atoms with van der Waals surface area (Å²) in [5.41, 5.74) is 9.94. The number of carbonyl (C=O) groups excluding carboxylic acids is 2. The Morgan fingerprint density at radius 1 is 1.43 bits per heavy atom. The molecule has 1 rings (SSSR count). The van der Waals surface area contributed by atoms with Gasteiger partial charge in [-0.15, -0.1) is 0 Å². The van der Waals surface area contributed by atoms with E-state index in [1.165, 1.54) is 5.01 Å². The van der Waals surface area contributed by atoms with Crippen molar-refractivity contribution in [3.05, 3.63) is 11.6 Å². The third kappa shape index (κ3) is 6.71. The van der Waals surface area contributed by atoms with Crippen molar-refractivity contribution in [1.82, 2.24) is 10.4 Å². The number of carbonyl (C=O) groups is 2. The highest BCUT2D eigenvalue weighted by Gasteiger charge is 2.31.